The maximum absolute atomic E-state index is 12.8. The van der Waals surface area contributed by atoms with Crippen LogP contribution in [0.15, 0.2) is 29.3 Å². The number of non-ortho nitro benzene ring substituents is 1. The maximum atomic E-state index is 12.8. The van der Waals surface area contributed by atoms with E-state index in [1.807, 2.05) is 13.1 Å². The molecule has 2 atom stereocenters. The number of ether oxygens (including phenoxy) is 1. The van der Waals surface area contributed by atoms with Crippen molar-refractivity contribution in [3.8, 4) is 0 Å². The fourth-order valence-electron chi connectivity index (χ4n) is 4.94. The Hall–Kier alpha value is -3.03. The summed E-state index contributed by atoms with van der Waals surface area (Å²) >= 11 is 0. The summed E-state index contributed by atoms with van der Waals surface area (Å²) < 4.78 is 6.87. The van der Waals surface area contributed by atoms with Crippen LogP contribution in [0.25, 0.3) is 0 Å². The van der Waals surface area contributed by atoms with Gasteiger partial charge in [0.05, 0.1) is 17.7 Å². The zero-order valence-electron chi connectivity index (χ0n) is 17.5. The molecule has 1 aromatic carbocycles. The molecule has 0 amide bonds. The summed E-state index contributed by atoms with van der Waals surface area (Å²) in [5.41, 5.74) is 3.16. The molecule has 1 fully saturated rings. The van der Waals surface area contributed by atoms with Gasteiger partial charge in [-0.05, 0) is 24.8 Å². The minimum absolute atomic E-state index is 0.000866. The van der Waals surface area contributed by atoms with Gasteiger partial charge in [-0.2, -0.15) is 5.10 Å². The van der Waals surface area contributed by atoms with Gasteiger partial charge in [-0.15, -0.1) is 0 Å². The number of nitrogens with zero attached hydrogens (tertiary/aromatic N) is 4. The average Bonchev–Trinajstić information content (AvgIpc) is 3.35. The molecule has 2 aromatic rings. The molecule has 0 radical (unpaired) electrons. The van der Waals surface area contributed by atoms with Crippen molar-refractivity contribution in [3.63, 3.8) is 0 Å². The molecule has 0 saturated heterocycles. The lowest BCUT2D eigenvalue weighted by molar-refractivity contribution is -0.384. The number of fused-ring (bicyclic) bond motifs is 1. The van der Waals surface area contributed by atoms with E-state index in [0.717, 1.165) is 23.5 Å². The van der Waals surface area contributed by atoms with Gasteiger partial charge in [0.2, 0.25) is 0 Å². The average molecular weight is 410 g/mol. The van der Waals surface area contributed by atoms with E-state index in [0.29, 0.717) is 17.2 Å². The molecular formula is C22H26N4O4. The molecule has 1 saturated carbocycles. The van der Waals surface area contributed by atoms with Gasteiger partial charge in [-0.3, -0.25) is 19.6 Å². The lowest BCUT2D eigenvalue weighted by atomic mass is 9.75. The van der Waals surface area contributed by atoms with Gasteiger partial charge in [0.1, 0.15) is 5.92 Å². The van der Waals surface area contributed by atoms with Gasteiger partial charge in [0, 0.05) is 36.4 Å². The van der Waals surface area contributed by atoms with Crippen LogP contribution in [0.1, 0.15) is 55.3 Å². The lowest BCUT2D eigenvalue weighted by Crippen LogP contribution is -2.33. The molecule has 4 rings (SSSR count). The third-order valence-corrected chi connectivity index (χ3v) is 6.36. The smallest absolute Gasteiger partial charge is 0.315 e. The Morgan fingerprint density at radius 3 is 2.73 bits per heavy atom. The predicted molar refractivity (Wildman–Crippen MR) is 112 cm³/mol. The van der Waals surface area contributed by atoms with Crippen molar-refractivity contribution in [1.82, 2.24) is 9.78 Å². The van der Waals surface area contributed by atoms with E-state index in [1.165, 1.54) is 38.9 Å². The molecule has 0 spiro atoms. The lowest BCUT2D eigenvalue weighted by Gasteiger charge is -2.30. The summed E-state index contributed by atoms with van der Waals surface area (Å²) in [6.45, 7) is 1.80. The van der Waals surface area contributed by atoms with E-state index < -0.39 is 22.7 Å². The van der Waals surface area contributed by atoms with Crippen molar-refractivity contribution in [2.75, 3.05) is 7.11 Å². The zero-order valence-corrected chi connectivity index (χ0v) is 17.5. The number of rotatable bonds is 5. The van der Waals surface area contributed by atoms with Crippen LogP contribution in [0, 0.1) is 22.0 Å². The van der Waals surface area contributed by atoms with Crippen molar-refractivity contribution in [2.45, 2.75) is 44.9 Å². The number of nitro groups is 1. The molecule has 8 nitrogen and oxygen atoms in total. The van der Waals surface area contributed by atoms with E-state index >= 15 is 0 Å². The third kappa shape index (κ3) is 3.51. The van der Waals surface area contributed by atoms with Gasteiger partial charge in [-0.1, -0.05) is 37.8 Å². The minimum Gasteiger partial charge on any atom is -0.468 e. The van der Waals surface area contributed by atoms with E-state index in [1.54, 1.807) is 23.7 Å². The Labute approximate surface area is 175 Å². The van der Waals surface area contributed by atoms with Crippen LogP contribution in [0.4, 0.5) is 11.5 Å². The second kappa shape index (κ2) is 8.01. The molecule has 1 aliphatic heterocycles. The van der Waals surface area contributed by atoms with E-state index in [9.17, 15) is 14.9 Å². The predicted octanol–water partition coefficient (Wildman–Crippen LogP) is 4.09. The first-order valence-electron chi connectivity index (χ1n) is 10.3. The molecule has 0 N–H and O–H groups in total. The Kier molecular flexibility index (Phi) is 5.40. The molecule has 8 heteroatoms. The summed E-state index contributed by atoms with van der Waals surface area (Å²) in [6.07, 6.45) is 5.65. The number of esters is 1. The van der Waals surface area contributed by atoms with Crippen LogP contribution in [0.5, 0.6) is 0 Å². The highest BCUT2D eigenvalue weighted by Crippen LogP contribution is 2.46. The largest absolute Gasteiger partial charge is 0.468 e. The highest BCUT2D eigenvalue weighted by molar-refractivity contribution is 6.05. The first kappa shape index (κ1) is 20.3. The molecule has 158 valence electrons. The summed E-state index contributed by atoms with van der Waals surface area (Å²) in [6, 6.07) is 6.51. The fourth-order valence-corrected chi connectivity index (χ4v) is 4.94. The summed E-state index contributed by atoms with van der Waals surface area (Å²) in [5, 5.41) is 16.2. The Morgan fingerprint density at radius 1 is 1.33 bits per heavy atom. The first-order valence-corrected chi connectivity index (χ1v) is 10.3. The van der Waals surface area contributed by atoms with E-state index in [2.05, 4.69) is 0 Å². The van der Waals surface area contributed by atoms with Crippen molar-refractivity contribution in [2.24, 2.45) is 23.9 Å². The number of nitro benzene ring substituents is 1. The molecule has 2 aliphatic rings. The quantitative estimate of drug-likeness (QED) is 0.420. The number of carbonyl (C=O) groups excluding carboxylic acids is 1. The SMILES string of the molecule is COC(=O)C1C(C)=Nc2c(c(CC3CCCC3)nn2C)C1c1cccc([N+](=O)[O-])c1. The maximum Gasteiger partial charge on any atom is 0.315 e. The van der Waals surface area contributed by atoms with Gasteiger partial charge < -0.3 is 4.74 Å². The standard InChI is InChI=1S/C22H26N4O4/c1-13-18(22(27)30-3)19(15-9-6-10-16(12-15)26(28)29)20-17(11-14-7-4-5-8-14)24-25(2)21(20)23-13/h6,9-10,12,14,18-19H,4-5,7-8,11H2,1-3H3. The van der Waals surface area contributed by atoms with Crippen molar-refractivity contribution in [3.05, 3.63) is 51.2 Å². The number of aliphatic imine (C=N–C) groups is 1. The van der Waals surface area contributed by atoms with Crippen LogP contribution in [0.3, 0.4) is 0 Å². The highest BCUT2D eigenvalue weighted by Gasteiger charge is 2.42. The number of benzene rings is 1. The van der Waals surface area contributed by atoms with Gasteiger partial charge in [0.15, 0.2) is 5.82 Å². The molecule has 30 heavy (non-hydrogen) atoms. The number of carbonyl (C=O) groups is 1. The van der Waals surface area contributed by atoms with Crippen LogP contribution in [0.2, 0.25) is 0 Å². The Balaban J connectivity index is 1.89. The summed E-state index contributed by atoms with van der Waals surface area (Å²) in [7, 11) is 3.22. The summed E-state index contributed by atoms with van der Waals surface area (Å²) in [4.78, 5) is 28.5. The summed E-state index contributed by atoms with van der Waals surface area (Å²) in [5.74, 6) is -0.171. The second-order valence-corrected chi connectivity index (χ2v) is 8.25. The minimum atomic E-state index is -0.643. The highest BCUT2D eigenvalue weighted by atomic mass is 16.6. The van der Waals surface area contributed by atoms with E-state index in [4.69, 9.17) is 14.8 Å². The number of hydrogen-bond donors (Lipinski definition) is 0. The number of methoxy groups -OCH3 is 1. The number of aryl methyl sites for hydroxylation is 1. The van der Waals surface area contributed by atoms with Crippen molar-refractivity contribution < 1.29 is 14.5 Å². The number of aromatic nitrogens is 2. The van der Waals surface area contributed by atoms with Gasteiger partial charge in [0.25, 0.3) is 5.69 Å². The zero-order chi connectivity index (χ0) is 21.4. The van der Waals surface area contributed by atoms with Gasteiger partial charge >= 0.3 is 5.97 Å². The van der Waals surface area contributed by atoms with Crippen LogP contribution >= 0.6 is 0 Å². The van der Waals surface area contributed by atoms with Crippen LogP contribution < -0.4 is 0 Å². The molecule has 2 unspecified atom stereocenters. The first-order chi connectivity index (χ1) is 14.4. The molecule has 2 heterocycles. The number of hydrogen-bond acceptors (Lipinski definition) is 6. The molecule has 1 aliphatic carbocycles. The van der Waals surface area contributed by atoms with E-state index in [-0.39, 0.29) is 5.69 Å². The second-order valence-electron chi connectivity index (χ2n) is 8.25. The monoisotopic (exact) mass is 410 g/mol. The van der Waals surface area contributed by atoms with Crippen molar-refractivity contribution in [1.29, 1.82) is 0 Å². The Bertz CT molecular complexity index is 1020. The Morgan fingerprint density at radius 2 is 2.07 bits per heavy atom. The molecular weight excluding hydrogens is 384 g/mol. The van der Waals surface area contributed by atoms with Crippen LogP contribution in [-0.4, -0.2) is 33.5 Å². The topological polar surface area (TPSA) is 99.6 Å². The normalized spacial score (nSPS) is 21.2. The van der Waals surface area contributed by atoms with Crippen molar-refractivity contribution >= 4 is 23.2 Å². The molecule has 0 bridgehead atoms. The fraction of sp³-hybridized carbons (Fsp3) is 0.500. The van der Waals surface area contributed by atoms with Crippen LogP contribution in [-0.2, 0) is 23.0 Å². The molecule has 1 aromatic heterocycles. The third-order valence-electron chi connectivity index (χ3n) is 6.36. The van der Waals surface area contributed by atoms with Gasteiger partial charge in [-0.25, -0.2) is 4.99 Å².